The summed E-state index contributed by atoms with van der Waals surface area (Å²) >= 11 is 6.03. The number of urea groups is 1. The molecule has 4 nitrogen and oxygen atoms in total. The Hall–Kier alpha value is -2.20. The third kappa shape index (κ3) is 4.89. The number of carbonyl (C=O) groups is 1. The van der Waals surface area contributed by atoms with Gasteiger partial charge >= 0.3 is 6.03 Å². The lowest BCUT2D eigenvalue weighted by atomic mass is 10.1. The van der Waals surface area contributed by atoms with Crippen molar-refractivity contribution < 1.29 is 9.53 Å². The van der Waals surface area contributed by atoms with E-state index in [1.165, 1.54) is 0 Å². The van der Waals surface area contributed by atoms with Gasteiger partial charge < -0.3 is 15.4 Å². The van der Waals surface area contributed by atoms with E-state index in [2.05, 4.69) is 17.6 Å². The summed E-state index contributed by atoms with van der Waals surface area (Å²) in [4.78, 5) is 11.9. The predicted molar refractivity (Wildman–Crippen MR) is 94.5 cm³/mol. The quantitative estimate of drug-likeness (QED) is 0.770. The van der Waals surface area contributed by atoms with E-state index in [9.17, 15) is 4.79 Å². The number of halogens is 1. The maximum Gasteiger partial charge on any atom is 0.319 e. The van der Waals surface area contributed by atoms with E-state index in [1.807, 2.05) is 37.3 Å². The Morgan fingerprint density at radius 3 is 2.74 bits per heavy atom. The molecule has 0 fully saturated rings. The van der Waals surface area contributed by atoms with Crippen molar-refractivity contribution >= 4 is 23.3 Å². The first-order valence-electron chi connectivity index (χ1n) is 7.62. The summed E-state index contributed by atoms with van der Waals surface area (Å²) in [5.74, 6) is 0.864. The highest BCUT2D eigenvalue weighted by Crippen LogP contribution is 2.22. The molecule has 2 aromatic carbocycles. The number of hydrogen-bond donors (Lipinski definition) is 2. The number of aryl methyl sites for hydroxylation is 1. The minimum absolute atomic E-state index is 0.275. The topological polar surface area (TPSA) is 50.4 Å². The summed E-state index contributed by atoms with van der Waals surface area (Å²) in [5.41, 5.74) is 2.70. The molecule has 122 valence electrons. The molecule has 23 heavy (non-hydrogen) atoms. The predicted octanol–water partition coefficient (Wildman–Crippen LogP) is 4.41. The molecule has 2 rings (SSSR count). The zero-order chi connectivity index (χ0) is 16.7. The number of anilines is 1. The van der Waals surface area contributed by atoms with Gasteiger partial charge in [-0.3, -0.25) is 0 Å². The molecular weight excluding hydrogens is 312 g/mol. The molecule has 0 saturated carbocycles. The van der Waals surface area contributed by atoms with Crippen molar-refractivity contribution in [3.63, 3.8) is 0 Å². The largest absolute Gasteiger partial charge is 0.491 e. The van der Waals surface area contributed by atoms with Crippen LogP contribution in [0.1, 0.15) is 18.1 Å². The van der Waals surface area contributed by atoms with Crippen LogP contribution in [0.2, 0.25) is 5.02 Å². The van der Waals surface area contributed by atoms with Gasteiger partial charge in [0.05, 0.1) is 6.54 Å². The average molecular weight is 333 g/mol. The minimum Gasteiger partial charge on any atom is -0.491 e. The van der Waals surface area contributed by atoms with Crippen LogP contribution in [0.3, 0.4) is 0 Å². The number of hydrogen-bond acceptors (Lipinski definition) is 2. The number of amides is 2. The molecule has 2 amide bonds. The van der Waals surface area contributed by atoms with Gasteiger partial charge in [-0.25, -0.2) is 4.79 Å². The molecule has 0 saturated heterocycles. The van der Waals surface area contributed by atoms with Crippen molar-refractivity contribution in [2.24, 2.45) is 0 Å². The lowest BCUT2D eigenvalue weighted by Crippen LogP contribution is -2.32. The third-order valence-corrected chi connectivity index (χ3v) is 3.92. The van der Waals surface area contributed by atoms with E-state index in [-0.39, 0.29) is 6.03 Å². The van der Waals surface area contributed by atoms with E-state index in [4.69, 9.17) is 16.3 Å². The van der Waals surface area contributed by atoms with Gasteiger partial charge in [0, 0.05) is 10.7 Å². The van der Waals surface area contributed by atoms with Gasteiger partial charge in [-0.1, -0.05) is 42.8 Å². The van der Waals surface area contributed by atoms with Gasteiger partial charge in [-0.05, 0) is 42.7 Å². The second kappa shape index (κ2) is 8.44. The van der Waals surface area contributed by atoms with Crippen molar-refractivity contribution in [1.82, 2.24) is 5.32 Å². The fourth-order valence-electron chi connectivity index (χ4n) is 2.17. The molecule has 0 aliphatic rings. The Bertz CT molecular complexity index is 674. The van der Waals surface area contributed by atoms with Gasteiger partial charge in [0.25, 0.3) is 0 Å². The monoisotopic (exact) mass is 332 g/mol. The number of benzene rings is 2. The molecule has 5 heteroatoms. The third-order valence-electron chi connectivity index (χ3n) is 3.51. The van der Waals surface area contributed by atoms with Crippen LogP contribution in [0.25, 0.3) is 0 Å². The van der Waals surface area contributed by atoms with Gasteiger partial charge in [0.15, 0.2) is 0 Å². The molecule has 0 heterocycles. The molecule has 0 unspecified atom stereocenters. The van der Waals surface area contributed by atoms with Crippen molar-refractivity contribution in [3.8, 4) is 5.75 Å². The van der Waals surface area contributed by atoms with Crippen LogP contribution in [0.4, 0.5) is 10.5 Å². The molecule has 0 aliphatic heterocycles. The van der Waals surface area contributed by atoms with Gasteiger partial charge in [-0.15, -0.1) is 0 Å². The summed E-state index contributed by atoms with van der Waals surface area (Å²) in [7, 11) is 0. The molecule has 0 aliphatic carbocycles. The lowest BCUT2D eigenvalue weighted by Gasteiger charge is -2.12. The SMILES string of the molecule is CCc1ccccc1OCCNC(=O)Nc1cccc(Cl)c1C. The highest BCUT2D eigenvalue weighted by Gasteiger charge is 2.06. The van der Waals surface area contributed by atoms with Crippen LogP contribution < -0.4 is 15.4 Å². The second-order valence-electron chi connectivity index (χ2n) is 5.10. The molecule has 0 aromatic heterocycles. The van der Waals surface area contributed by atoms with Crippen LogP contribution in [0.15, 0.2) is 42.5 Å². The Morgan fingerprint density at radius 2 is 1.96 bits per heavy atom. The van der Waals surface area contributed by atoms with E-state index >= 15 is 0 Å². The summed E-state index contributed by atoms with van der Waals surface area (Å²) in [6, 6.07) is 13.0. The Labute approximate surface area is 141 Å². The van der Waals surface area contributed by atoms with Crippen LogP contribution in [0.5, 0.6) is 5.75 Å². The standard InChI is InChI=1S/C18H21ClN2O2/c1-3-14-7-4-5-10-17(14)23-12-11-20-18(22)21-16-9-6-8-15(19)13(16)2/h4-10H,3,11-12H2,1-2H3,(H2,20,21,22). The first kappa shape index (κ1) is 17.2. The number of carbonyl (C=O) groups excluding carboxylic acids is 1. The Morgan fingerprint density at radius 1 is 1.17 bits per heavy atom. The molecule has 2 N–H and O–H groups in total. The average Bonchev–Trinajstić information content (AvgIpc) is 2.56. The van der Waals surface area contributed by atoms with E-state index in [0.717, 1.165) is 23.3 Å². The van der Waals surface area contributed by atoms with E-state index in [0.29, 0.717) is 23.9 Å². The molecule has 0 spiro atoms. The molecule has 0 atom stereocenters. The number of para-hydroxylation sites is 1. The molecule has 2 aromatic rings. The summed E-state index contributed by atoms with van der Waals surface area (Å²) < 4.78 is 5.71. The van der Waals surface area contributed by atoms with Crippen LogP contribution in [0, 0.1) is 6.92 Å². The molecule has 0 bridgehead atoms. The minimum atomic E-state index is -0.275. The fraction of sp³-hybridized carbons (Fsp3) is 0.278. The zero-order valence-corrected chi connectivity index (χ0v) is 14.1. The van der Waals surface area contributed by atoms with Crippen LogP contribution >= 0.6 is 11.6 Å². The summed E-state index contributed by atoms with van der Waals surface area (Å²) in [6.07, 6.45) is 0.915. The second-order valence-corrected chi connectivity index (χ2v) is 5.51. The number of ether oxygens (including phenoxy) is 1. The zero-order valence-electron chi connectivity index (χ0n) is 13.4. The Kier molecular flexibility index (Phi) is 6.29. The van der Waals surface area contributed by atoms with Gasteiger partial charge in [0.2, 0.25) is 0 Å². The number of rotatable bonds is 6. The van der Waals surface area contributed by atoms with Crippen LogP contribution in [-0.2, 0) is 6.42 Å². The number of nitrogens with one attached hydrogen (secondary N) is 2. The molecule has 0 radical (unpaired) electrons. The maximum atomic E-state index is 11.9. The van der Waals surface area contributed by atoms with Crippen molar-refractivity contribution in [1.29, 1.82) is 0 Å². The Balaban J connectivity index is 1.78. The van der Waals surface area contributed by atoms with Crippen molar-refractivity contribution in [2.75, 3.05) is 18.5 Å². The summed E-state index contributed by atoms with van der Waals surface area (Å²) in [6.45, 7) is 4.78. The van der Waals surface area contributed by atoms with Crippen molar-refractivity contribution in [3.05, 3.63) is 58.6 Å². The normalized spacial score (nSPS) is 10.2. The van der Waals surface area contributed by atoms with Crippen LogP contribution in [-0.4, -0.2) is 19.2 Å². The van der Waals surface area contributed by atoms with E-state index in [1.54, 1.807) is 12.1 Å². The maximum absolute atomic E-state index is 11.9. The van der Waals surface area contributed by atoms with Gasteiger partial charge in [-0.2, -0.15) is 0 Å². The van der Waals surface area contributed by atoms with Gasteiger partial charge in [0.1, 0.15) is 12.4 Å². The molecular formula is C18H21ClN2O2. The highest BCUT2D eigenvalue weighted by atomic mass is 35.5. The first-order chi connectivity index (χ1) is 11.1. The van der Waals surface area contributed by atoms with Crippen molar-refractivity contribution in [2.45, 2.75) is 20.3 Å². The fourth-order valence-corrected chi connectivity index (χ4v) is 2.35. The highest BCUT2D eigenvalue weighted by molar-refractivity contribution is 6.31. The lowest BCUT2D eigenvalue weighted by molar-refractivity contribution is 0.247. The first-order valence-corrected chi connectivity index (χ1v) is 8.00. The van der Waals surface area contributed by atoms with E-state index < -0.39 is 0 Å². The smallest absolute Gasteiger partial charge is 0.319 e. The summed E-state index contributed by atoms with van der Waals surface area (Å²) in [5, 5.41) is 6.18.